The molecule has 4 atom stereocenters. The van der Waals surface area contributed by atoms with Gasteiger partial charge in [-0.3, -0.25) is 4.21 Å². The highest BCUT2D eigenvalue weighted by Gasteiger charge is 2.31. The van der Waals surface area contributed by atoms with Crippen LogP contribution in [0.15, 0.2) is 18.2 Å². The Morgan fingerprint density at radius 2 is 2.20 bits per heavy atom. The Kier molecular flexibility index (Phi) is 5.35. The molecule has 0 bridgehead atoms. The van der Waals surface area contributed by atoms with E-state index in [2.05, 4.69) is 37.4 Å². The summed E-state index contributed by atoms with van der Waals surface area (Å²) in [4.78, 5) is 0. The number of benzene rings is 1. The van der Waals surface area contributed by atoms with Crippen LogP contribution < -0.4 is 5.32 Å². The first-order valence-electron chi connectivity index (χ1n) is 7.26. The van der Waals surface area contributed by atoms with Crippen LogP contribution in [0.4, 0.5) is 0 Å². The molecule has 0 aromatic heterocycles. The monoisotopic (exact) mass is 295 g/mol. The molecule has 0 spiro atoms. The molecule has 1 aromatic rings. The predicted octanol–water partition coefficient (Wildman–Crippen LogP) is 2.49. The Hall–Kier alpha value is -0.710. The largest absolute Gasteiger partial charge is 0.377 e. The topological polar surface area (TPSA) is 38.3 Å². The molecule has 112 valence electrons. The van der Waals surface area contributed by atoms with E-state index < -0.39 is 10.8 Å². The maximum absolute atomic E-state index is 12.6. The molecule has 0 saturated carbocycles. The Morgan fingerprint density at radius 3 is 2.75 bits per heavy atom. The molecule has 1 heterocycles. The molecular weight excluding hydrogens is 270 g/mol. The molecule has 4 heteroatoms. The Balaban J connectivity index is 2.10. The number of hydrogen-bond acceptors (Lipinski definition) is 3. The van der Waals surface area contributed by atoms with E-state index in [0.717, 1.165) is 13.0 Å². The van der Waals surface area contributed by atoms with Gasteiger partial charge in [0, 0.05) is 29.2 Å². The van der Waals surface area contributed by atoms with E-state index in [1.165, 1.54) is 16.7 Å². The molecule has 1 N–H and O–H groups in total. The van der Waals surface area contributed by atoms with Crippen molar-refractivity contribution in [3.05, 3.63) is 34.9 Å². The number of hydrogen-bond donors (Lipinski definition) is 1. The normalized spacial score (nSPS) is 25.6. The van der Waals surface area contributed by atoms with Gasteiger partial charge in [-0.15, -0.1) is 0 Å². The molecule has 3 nitrogen and oxygen atoms in total. The van der Waals surface area contributed by atoms with Crippen LogP contribution in [-0.2, 0) is 15.5 Å². The Bertz CT molecular complexity index is 489. The van der Waals surface area contributed by atoms with Gasteiger partial charge in [0.25, 0.3) is 0 Å². The third-order valence-corrected chi connectivity index (χ3v) is 6.08. The van der Waals surface area contributed by atoms with E-state index in [1.54, 1.807) is 0 Å². The molecule has 1 aromatic carbocycles. The van der Waals surface area contributed by atoms with Gasteiger partial charge in [0.05, 0.1) is 11.4 Å². The lowest BCUT2D eigenvalue weighted by atomic mass is 10.0. The van der Waals surface area contributed by atoms with E-state index in [0.29, 0.717) is 5.75 Å². The molecule has 0 amide bonds. The average Bonchev–Trinajstić information content (AvgIpc) is 2.83. The van der Waals surface area contributed by atoms with Gasteiger partial charge in [-0.1, -0.05) is 23.8 Å². The summed E-state index contributed by atoms with van der Waals surface area (Å²) >= 11 is 0. The third-order valence-electron chi connectivity index (χ3n) is 4.12. The quantitative estimate of drug-likeness (QED) is 0.907. The van der Waals surface area contributed by atoms with Crippen molar-refractivity contribution in [2.24, 2.45) is 0 Å². The van der Waals surface area contributed by atoms with Crippen LogP contribution in [0, 0.1) is 13.8 Å². The van der Waals surface area contributed by atoms with Crippen LogP contribution in [0.5, 0.6) is 0 Å². The second kappa shape index (κ2) is 6.83. The summed E-state index contributed by atoms with van der Waals surface area (Å²) in [6.45, 7) is 6.99. The summed E-state index contributed by atoms with van der Waals surface area (Å²) in [5.41, 5.74) is 3.77. The molecule has 1 aliphatic heterocycles. The summed E-state index contributed by atoms with van der Waals surface area (Å²) in [6.07, 6.45) is 1.03. The molecule has 1 saturated heterocycles. The summed E-state index contributed by atoms with van der Waals surface area (Å²) in [5, 5.41) is 3.49. The van der Waals surface area contributed by atoms with Crippen LogP contribution in [0.2, 0.25) is 0 Å². The van der Waals surface area contributed by atoms with Crippen molar-refractivity contribution in [3.63, 3.8) is 0 Å². The summed E-state index contributed by atoms with van der Waals surface area (Å²) in [7, 11) is 1.08. The standard InChI is InChI=1S/C16H25NO2S/c1-11-5-6-14(12(2)9-11)15(17-4)10-20(18)16-7-8-19-13(16)3/h5-6,9,13,15-17H,7-8,10H2,1-4H3. The highest BCUT2D eigenvalue weighted by atomic mass is 32.2. The van der Waals surface area contributed by atoms with Gasteiger partial charge < -0.3 is 10.1 Å². The van der Waals surface area contributed by atoms with Gasteiger partial charge in [-0.2, -0.15) is 0 Å². The lowest BCUT2D eigenvalue weighted by molar-refractivity contribution is 0.127. The van der Waals surface area contributed by atoms with Crippen molar-refractivity contribution in [1.29, 1.82) is 0 Å². The molecule has 1 fully saturated rings. The molecule has 20 heavy (non-hydrogen) atoms. The van der Waals surface area contributed by atoms with Gasteiger partial charge in [-0.25, -0.2) is 0 Å². The van der Waals surface area contributed by atoms with Crippen molar-refractivity contribution in [2.45, 2.75) is 44.6 Å². The number of rotatable bonds is 5. The molecule has 1 aliphatic rings. The van der Waals surface area contributed by atoms with Gasteiger partial charge in [0.1, 0.15) is 0 Å². The van der Waals surface area contributed by atoms with Crippen LogP contribution >= 0.6 is 0 Å². The molecule has 0 radical (unpaired) electrons. The fraction of sp³-hybridized carbons (Fsp3) is 0.625. The lowest BCUT2D eigenvalue weighted by Crippen LogP contribution is -2.31. The van der Waals surface area contributed by atoms with Gasteiger partial charge in [-0.05, 0) is 45.4 Å². The average molecular weight is 295 g/mol. The minimum Gasteiger partial charge on any atom is -0.377 e. The molecule has 2 rings (SSSR count). The fourth-order valence-corrected chi connectivity index (χ4v) is 4.68. The van der Waals surface area contributed by atoms with Crippen LogP contribution in [0.25, 0.3) is 0 Å². The lowest BCUT2D eigenvalue weighted by Gasteiger charge is -2.22. The van der Waals surface area contributed by atoms with Crippen LogP contribution in [-0.4, -0.2) is 35.0 Å². The second-order valence-electron chi connectivity index (χ2n) is 5.65. The number of aryl methyl sites for hydroxylation is 2. The van der Waals surface area contributed by atoms with E-state index >= 15 is 0 Å². The maximum atomic E-state index is 12.6. The van der Waals surface area contributed by atoms with E-state index in [4.69, 9.17) is 4.74 Å². The minimum absolute atomic E-state index is 0.118. The van der Waals surface area contributed by atoms with Gasteiger partial charge >= 0.3 is 0 Å². The summed E-state index contributed by atoms with van der Waals surface area (Å²) in [5.74, 6) is 0.652. The smallest absolute Gasteiger partial charge is 0.0691 e. The highest BCUT2D eigenvalue weighted by Crippen LogP contribution is 2.24. The molecular formula is C16H25NO2S. The van der Waals surface area contributed by atoms with Crippen molar-refractivity contribution in [1.82, 2.24) is 5.32 Å². The second-order valence-corrected chi connectivity index (χ2v) is 7.35. The maximum Gasteiger partial charge on any atom is 0.0691 e. The van der Waals surface area contributed by atoms with Gasteiger partial charge in [0.2, 0.25) is 0 Å². The predicted molar refractivity (Wildman–Crippen MR) is 84.5 cm³/mol. The zero-order valence-corrected chi connectivity index (χ0v) is 13.6. The van der Waals surface area contributed by atoms with Crippen molar-refractivity contribution >= 4 is 10.8 Å². The molecule has 0 aliphatic carbocycles. The molecule has 4 unspecified atom stereocenters. The Labute approximate surface area is 124 Å². The first-order chi connectivity index (χ1) is 9.52. The van der Waals surface area contributed by atoms with E-state index in [-0.39, 0.29) is 17.4 Å². The summed E-state index contributed by atoms with van der Waals surface area (Å²) < 4.78 is 18.1. The SMILES string of the molecule is CNC(CS(=O)C1CCOC1C)c1ccc(C)cc1C. The zero-order valence-electron chi connectivity index (χ0n) is 12.8. The number of nitrogens with one attached hydrogen (secondary N) is 1. The first-order valence-corrected chi connectivity index (χ1v) is 8.64. The zero-order chi connectivity index (χ0) is 14.7. The minimum atomic E-state index is -0.857. The number of ether oxygens (including phenoxy) is 1. The van der Waals surface area contributed by atoms with Crippen molar-refractivity contribution in [2.75, 3.05) is 19.4 Å². The fourth-order valence-electron chi connectivity index (χ4n) is 2.89. The van der Waals surface area contributed by atoms with Crippen molar-refractivity contribution in [3.8, 4) is 0 Å². The van der Waals surface area contributed by atoms with E-state index in [9.17, 15) is 4.21 Å². The summed E-state index contributed by atoms with van der Waals surface area (Å²) in [6, 6.07) is 6.60. The Morgan fingerprint density at radius 1 is 1.45 bits per heavy atom. The van der Waals surface area contributed by atoms with Crippen LogP contribution in [0.1, 0.15) is 36.1 Å². The van der Waals surface area contributed by atoms with Crippen LogP contribution in [0.3, 0.4) is 0 Å². The highest BCUT2D eigenvalue weighted by molar-refractivity contribution is 7.85. The first kappa shape index (κ1) is 15.7. The van der Waals surface area contributed by atoms with E-state index in [1.807, 2.05) is 14.0 Å². The van der Waals surface area contributed by atoms with Crippen molar-refractivity contribution < 1.29 is 8.95 Å². The third kappa shape index (κ3) is 3.48. The van der Waals surface area contributed by atoms with Gasteiger partial charge in [0.15, 0.2) is 0 Å².